The van der Waals surface area contributed by atoms with Gasteiger partial charge >= 0.3 is 5.69 Å². The van der Waals surface area contributed by atoms with Crippen LogP contribution in [0, 0.1) is 21.8 Å². The molecule has 1 aliphatic carbocycles. The van der Waals surface area contributed by atoms with Gasteiger partial charge < -0.3 is 16.8 Å². The summed E-state index contributed by atoms with van der Waals surface area (Å²) in [4.78, 5) is 19.2. The minimum absolute atomic E-state index is 0.0135. The van der Waals surface area contributed by atoms with Gasteiger partial charge in [-0.2, -0.15) is 4.98 Å². The highest BCUT2D eigenvalue weighted by Gasteiger charge is 2.27. The zero-order valence-electron chi connectivity index (χ0n) is 15.2. The molecule has 2 aromatic rings. The Morgan fingerprint density at radius 2 is 2.00 bits per heavy atom. The van der Waals surface area contributed by atoms with Crippen molar-refractivity contribution in [3.8, 4) is 0 Å². The fourth-order valence-corrected chi connectivity index (χ4v) is 3.66. The maximum Gasteiger partial charge on any atom is 0.332 e. The van der Waals surface area contributed by atoms with E-state index in [1.54, 1.807) is 12.1 Å². The summed E-state index contributed by atoms with van der Waals surface area (Å²) in [6, 6.07) is 4.85. The Hall–Kier alpha value is -2.52. The fourth-order valence-electron chi connectivity index (χ4n) is 3.47. The zero-order valence-corrected chi connectivity index (χ0v) is 16.0. The lowest BCUT2D eigenvalue weighted by atomic mass is 9.83. The molecule has 0 amide bonds. The molecule has 0 radical (unpaired) electrons. The van der Waals surface area contributed by atoms with E-state index in [-0.39, 0.29) is 46.7 Å². The molecule has 0 unspecified atom stereocenters. The number of rotatable bonds is 6. The second-order valence-corrected chi connectivity index (χ2v) is 7.44. The van der Waals surface area contributed by atoms with Gasteiger partial charge in [0.2, 0.25) is 11.8 Å². The lowest BCUT2D eigenvalue weighted by Crippen LogP contribution is -2.27. The number of nitrogens with two attached hydrogens (primary N) is 2. The summed E-state index contributed by atoms with van der Waals surface area (Å²) in [5.41, 5.74) is 12.1. The van der Waals surface area contributed by atoms with Gasteiger partial charge in [-0.3, -0.25) is 10.1 Å². The van der Waals surface area contributed by atoms with Gasteiger partial charge in [0.1, 0.15) is 11.5 Å². The van der Waals surface area contributed by atoms with Crippen LogP contribution >= 0.6 is 11.6 Å². The Morgan fingerprint density at radius 3 is 2.68 bits per heavy atom. The molecular formula is C18H22ClFN6O2. The first-order chi connectivity index (χ1) is 13.3. The number of benzene rings is 1. The molecule has 1 saturated carbocycles. The van der Waals surface area contributed by atoms with Crippen LogP contribution in [0.4, 0.5) is 21.8 Å². The van der Waals surface area contributed by atoms with Crippen molar-refractivity contribution in [2.75, 3.05) is 11.1 Å². The molecule has 0 spiro atoms. The average Bonchev–Trinajstić information content (AvgIpc) is 2.64. The summed E-state index contributed by atoms with van der Waals surface area (Å²) in [5, 5.41) is 14.3. The van der Waals surface area contributed by atoms with Crippen LogP contribution in [0.25, 0.3) is 0 Å². The van der Waals surface area contributed by atoms with Gasteiger partial charge in [0.25, 0.3) is 0 Å². The maximum absolute atomic E-state index is 14.0. The predicted molar refractivity (Wildman–Crippen MR) is 105 cm³/mol. The number of hydrogen-bond acceptors (Lipinski definition) is 7. The van der Waals surface area contributed by atoms with Crippen LogP contribution in [-0.2, 0) is 13.0 Å². The SMILES string of the molecule is Nc1nc(NCc2cccc(Cl)c2F)nc(CC2CCC(N)CC2)c1[N+](=O)[O-]. The number of aromatic nitrogens is 2. The molecule has 0 atom stereocenters. The Bertz CT molecular complexity index is 873. The minimum atomic E-state index is -0.556. The van der Waals surface area contributed by atoms with E-state index < -0.39 is 10.7 Å². The van der Waals surface area contributed by atoms with E-state index in [0.29, 0.717) is 12.0 Å². The topological polar surface area (TPSA) is 133 Å². The third-order valence-electron chi connectivity index (χ3n) is 5.01. The van der Waals surface area contributed by atoms with E-state index in [0.717, 1.165) is 25.7 Å². The fraction of sp³-hybridized carbons (Fsp3) is 0.444. The Kier molecular flexibility index (Phi) is 6.25. The van der Waals surface area contributed by atoms with Crippen LogP contribution in [0.5, 0.6) is 0 Å². The Labute approximate surface area is 166 Å². The molecule has 1 aromatic heterocycles. The lowest BCUT2D eigenvalue weighted by Gasteiger charge is -2.25. The molecule has 1 heterocycles. The molecule has 1 aromatic carbocycles. The largest absolute Gasteiger partial charge is 0.378 e. The van der Waals surface area contributed by atoms with Crippen molar-refractivity contribution < 1.29 is 9.31 Å². The molecule has 28 heavy (non-hydrogen) atoms. The standard InChI is InChI=1S/C18H22ClFN6O2/c19-13-3-1-2-11(15(13)20)9-23-18-24-14(16(26(27)28)17(22)25-18)8-10-4-6-12(21)7-5-10/h1-3,10,12H,4-9,21H2,(H3,22,23,24,25). The van der Waals surface area contributed by atoms with E-state index in [2.05, 4.69) is 15.3 Å². The molecular weight excluding hydrogens is 387 g/mol. The first-order valence-corrected chi connectivity index (χ1v) is 9.46. The quantitative estimate of drug-likeness (QED) is 0.492. The van der Waals surface area contributed by atoms with E-state index in [9.17, 15) is 14.5 Å². The minimum Gasteiger partial charge on any atom is -0.378 e. The number of nitrogen functional groups attached to an aromatic ring is 1. The van der Waals surface area contributed by atoms with Crippen LogP contribution in [-0.4, -0.2) is 20.9 Å². The van der Waals surface area contributed by atoms with Gasteiger partial charge in [-0.1, -0.05) is 23.7 Å². The van der Waals surface area contributed by atoms with E-state index in [1.807, 2.05) is 0 Å². The van der Waals surface area contributed by atoms with E-state index in [1.165, 1.54) is 6.07 Å². The lowest BCUT2D eigenvalue weighted by molar-refractivity contribution is -0.385. The molecule has 0 bridgehead atoms. The molecule has 5 N–H and O–H groups in total. The molecule has 10 heteroatoms. The monoisotopic (exact) mass is 408 g/mol. The predicted octanol–water partition coefficient (Wildman–Crippen LogP) is 3.43. The van der Waals surface area contributed by atoms with Gasteiger partial charge in [0.05, 0.1) is 9.95 Å². The van der Waals surface area contributed by atoms with Crippen LogP contribution in [0.3, 0.4) is 0 Å². The smallest absolute Gasteiger partial charge is 0.332 e. The summed E-state index contributed by atoms with van der Waals surface area (Å²) >= 11 is 5.78. The van der Waals surface area contributed by atoms with Crippen LogP contribution in [0.2, 0.25) is 5.02 Å². The van der Waals surface area contributed by atoms with E-state index >= 15 is 0 Å². The zero-order chi connectivity index (χ0) is 20.3. The third-order valence-corrected chi connectivity index (χ3v) is 5.30. The summed E-state index contributed by atoms with van der Waals surface area (Å²) in [6.07, 6.45) is 3.98. The number of anilines is 2. The van der Waals surface area contributed by atoms with Crippen LogP contribution < -0.4 is 16.8 Å². The molecule has 8 nitrogen and oxygen atoms in total. The molecule has 0 aliphatic heterocycles. The molecule has 0 saturated heterocycles. The number of nitro groups is 1. The van der Waals surface area contributed by atoms with Gasteiger partial charge in [-0.05, 0) is 44.1 Å². The van der Waals surface area contributed by atoms with Crippen molar-refractivity contribution in [1.82, 2.24) is 9.97 Å². The highest BCUT2D eigenvalue weighted by atomic mass is 35.5. The number of nitrogens with zero attached hydrogens (tertiary/aromatic N) is 3. The number of halogens is 2. The van der Waals surface area contributed by atoms with Crippen molar-refractivity contribution in [2.45, 2.75) is 44.7 Å². The number of nitrogens with one attached hydrogen (secondary N) is 1. The first kappa shape index (κ1) is 20.2. The van der Waals surface area contributed by atoms with Gasteiger partial charge in [-0.15, -0.1) is 0 Å². The van der Waals surface area contributed by atoms with Crippen molar-refractivity contribution in [1.29, 1.82) is 0 Å². The summed E-state index contributed by atoms with van der Waals surface area (Å²) < 4.78 is 14.0. The van der Waals surface area contributed by atoms with Crippen molar-refractivity contribution >= 4 is 29.1 Å². The molecule has 1 fully saturated rings. The van der Waals surface area contributed by atoms with Gasteiger partial charge in [0, 0.05) is 18.2 Å². The Morgan fingerprint density at radius 1 is 1.29 bits per heavy atom. The van der Waals surface area contributed by atoms with Gasteiger partial charge in [-0.25, -0.2) is 9.37 Å². The summed E-state index contributed by atoms with van der Waals surface area (Å²) in [6.45, 7) is 0.0708. The molecule has 3 rings (SSSR count). The molecule has 150 valence electrons. The maximum atomic E-state index is 14.0. The highest BCUT2D eigenvalue weighted by Crippen LogP contribution is 2.32. The van der Waals surface area contributed by atoms with E-state index in [4.69, 9.17) is 23.1 Å². The van der Waals surface area contributed by atoms with Crippen molar-refractivity contribution in [3.63, 3.8) is 0 Å². The van der Waals surface area contributed by atoms with Crippen LogP contribution in [0.15, 0.2) is 18.2 Å². The number of hydrogen-bond donors (Lipinski definition) is 3. The first-order valence-electron chi connectivity index (χ1n) is 9.08. The average molecular weight is 409 g/mol. The molecule has 1 aliphatic rings. The van der Waals surface area contributed by atoms with Crippen molar-refractivity contribution in [2.24, 2.45) is 11.7 Å². The normalized spacial score (nSPS) is 19.4. The second-order valence-electron chi connectivity index (χ2n) is 7.04. The van der Waals surface area contributed by atoms with Gasteiger partial charge in [0.15, 0.2) is 0 Å². The van der Waals surface area contributed by atoms with Crippen molar-refractivity contribution in [3.05, 3.63) is 50.4 Å². The highest BCUT2D eigenvalue weighted by molar-refractivity contribution is 6.30. The summed E-state index contributed by atoms with van der Waals surface area (Å²) in [5.74, 6) is -0.377. The Balaban J connectivity index is 1.81. The van der Waals surface area contributed by atoms with Crippen LogP contribution in [0.1, 0.15) is 36.9 Å². The second kappa shape index (κ2) is 8.66. The summed E-state index contributed by atoms with van der Waals surface area (Å²) in [7, 11) is 0. The third kappa shape index (κ3) is 4.66.